The first-order valence-electron chi connectivity index (χ1n) is 9.65. The van der Waals surface area contributed by atoms with E-state index in [4.69, 9.17) is 16.3 Å². The second kappa shape index (κ2) is 9.16. The molecular formula is C23H24ClNO4S. The van der Waals surface area contributed by atoms with Crippen molar-refractivity contribution >= 4 is 27.6 Å². The number of carbonyl (C=O) groups is 1. The van der Waals surface area contributed by atoms with E-state index in [1.165, 1.54) is 19.2 Å². The molecule has 3 rings (SSSR count). The highest BCUT2D eigenvalue weighted by Gasteiger charge is 2.25. The summed E-state index contributed by atoms with van der Waals surface area (Å²) in [5.74, 6) is -0.469. The SMILES string of the molecule is CCC(NS(=O)(=O)c1ccc(Cl)cc1)C(C)c1ccc2ccc(C(=O)OC)c-2cc1. The Kier molecular flexibility index (Phi) is 6.81. The number of benzene rings is 1. The summed E-state index contributed by atoms with van der Waals surface area (Å²) in [6, 6.07) is 17.1. The molecule has 0 spiro atoms. The molecule has 0 aromatic heterocycles. The molecule has 0 heterocycles. The molecule has 2 aliphatic rings. The highest BCUT2D eigenvalue weighted by molar-refractivity contribution is 7.89. The predicted octanol–water partition coefficient (Wildman–Crippen LogP) is 5.09. The van der Waals surface area contributed by atoms with E-state index in [1.54, 1.807) is 18.2 Å². The number of halogens is 1. The summed E-state index contributed by atoms with van der Waals surface area (Å²) in [6.07, 6.45) is 0.617. The number of methoxy groups -OCH3 is 1. The zero-order chi connectivity index (χ0) is 21.9. The van der Waals surface area contributed by atoms with Gasteiger partial charge in [0.2, 0.25) is 10.0 Å². The maximum absolute atomic E-state index is 12.8. The summed E-state index contributed by atoms with van der Waals surface area (Å²) < 4.78 is 33.3. The van der Waals surface area contributed by atoms with Crippen molar-refractivity contribution in [2.75, 3.05) is 7.11 Å². The zero-order valence-electron chi connectivity index (χ0n) is 17.1. The lowest BCUT2D eigenvalue weighted by molar-refractivity contribution is 0.0602. The van der Waals surface area contributed by atoms with Gasteiger partial charge in [0.1, 0.15) is 0 Å². The number of hydrogen-bond donors (Lipinski definition) is 1. The van der Waals surface area contributed by atoms with Crippen LogP contribution in [0.4, 0.5) is 0 Å². The molecule has 30 heavy (non-hydrogen) atoms. The third-order valence-corrected chi connectivity index (χ3v) is 7.09. The van der Waals surface area contributed by atoms with Crippen molar-refractivity contribution < 1.29 is 17.9 Å². The predicted molar refractivity (Wildman–Crippen MR) is 119 cm³/mol. The van der Waals surface area contributed by atoms with Crippen LogP contribution in [0.2, 0.25) is 5.02 Å². The number of carbonyl (C=O) groups excluding carboxylic acids is 1. The first kappa shape index (κ1) is 22.3. The van der Waals surface area contributed by atoms with Crippen LogP contribution in [0.1, 0.15) is 42.1 Å². The lowest BCUT2D eigenvalue weighted by atomic mass is 9.93. The largest absolute Gasteiger partial charge is 0.465 e. The monoisotopic (exact) mass is 445 g/mol. The maximum atomic E-state index is 12.8. The van der Waals surface area contributed by atoms with Gasteiger partial charge in [-0.05, 0) is 59.4 Å². The molecule has 2 atom stereocenters. The lowest BCUT2D eigenvalue weighted by Gasteiger charge is -2.24. The second-order valence-electron chi connectivity index (χ2n) is 7.15. The van der Waals surface area contributed by atoms with E-state index in [0.29, 0.717) is 17.0 Å². The van der Waals surface area contributed by atoms with Crippen molar-refractivity contribution in [2.45, 2.75) is 37.1 Å². The number of nitrogens with one attached hydrogen (secondary N) is 1. The van der Waals surface area contributed by atoms with Crippen molar-refractivity contribution in [3.8, 4) is 11.1 Å². The molecule has 0 radical (unpaired) electrons. The topological polar surface area (TPSA) is 72.5 Å². The molecule has 1 aromatic rings. The van der Waals surface area contributed by atoms with Crippen LogP contribution in [-0.4, -0.2) is 27.5 Å². The van der Waals surface area contributed by atoms with Crippen molar-refractivity contribution in [3.63, 3.8) is 0 Å². The van der Waals surface area contributed by atoms with E-state index in [9.17, 15) is 13.2 Å². The highest BCUT2D eigenvalue weighted by Crippen LogP contribution is 2.30. The molecule has 5 nitrogen and oxygen atoms in total. The molecule has 2 aliphatic carbocycles. The van der Waals surface area contributed by atoms with Crippen LogP contribution in [0.5, 0.6) is 0 Å². The zero-order valence-corrected chi connectivity index (χ0v) is 18.6. The highest BCUT2D eigenvalue weighted by atomic mass is 35.5. The van der Waals surface area contributed by atoms with E-state index < -0.39 is 10.0 Å². The smallest absolute Gasteiger partial charge is 0.338 e. The molecule has 0 amide bonds. The molecule has 0 aliphatic heterocycles. The molecule has 1 N–H and O–H groups in total. The molecule has 0 fully saturated rings. The summed E-state index contributed by atoms with van der Waals surface area (Å²) in [6.45, 7) is 3.93. The van der Waals surface area contributed by atoms with E-state index in [1.807, 2.05) is 44.2 Å². The second-order valence-corrected chi connectivity index (χ2v) is 9.30. The number of ether oxygens (including phenoxy) is 1. The lowest BCUT2D eigenvalue weighted by Crippen LogP contribution is -2.37. The van der Waals surface area contributed by atoms with Crippen molar-refractivity contribution in [3.05, 3.63) is 76.8 Å². The molecular weight excluding hydrogens is 422 g/mol. The van der Waals surface area contributed by atoms with Gasteiger partial charge in [0.25, 0.3) is 0 Å². The van der Waals surface area contributed by atoms with Crippen LogP contribution in [0.25, 0.3) is 11.1 Å². The van der Waals surface area contributed by atoms with Crippen molar-refractivity contribution in [2.24, 2.45) is 0 Å². The standard InChI is InChI=1S/C23H24ClNO4S/c1-4-22(25-30(27,28)19-11-9-18(24)10-12-19)15(2)16-5-6-17-8-14-21(23(26)29-3)20(17)13-7-16/h5-15,22,25H,4H2,1-3H3. The van der Waals surface area contributed by atoms with Crippen LogP contribution >= 0.6 is 11.6 Å². The quantitative estimate of drug-likeness (QED) is 0.514. The summed E-state index contributed by atoms with van der Waals surface area (Å²) in [4.78, 5) is 12.1. The Morgan fingerprint density at radius 2 is 1.67 bits per heavy atom. The van der Waals surface area contributed by atoms with Crippen LogP contribution in [0.3, 0.4) is 0 Å². The Morgan fingerprint density at radius 3 is 2.30 bits per heavy atom. The molecule has 0 saturated carbocycles. The van der Waals surface area contributed by atoms with Gasteiger partial charge in [-0.2, -0.15) is 0 Å². The average molecular weight is 446 g/mol. The van der Waals surface area contributed by atoms with Gasteiger partial charge in [0, 0.05) is 11.1 Å². The first-order valence-corrected chi connectivity index (χ1v) is 11.5. The number of hydrogen-bond acceptors (Lipinski definition) is 4. The van der Waals surface area contributed by atoms with Gasteiger partial charge in [-0.15, -0.1) is 0 Å². The minimum atomic E-state index is -3.68. The average Bonchev–Trinajstić information content (AvgIpc) is 3.02. The van der Waals surface area contributed by atoms with Gasteiger partial charge in [-0.1, -0.05) is 55.8 Å². The van der Waals surface area contributed by atoms with Gasteiger partial charge < -0.3 is 4.74 Å². The summed E-state index contributed by atoms with van der Waals surface area (Å²) in [5.41, 5.74) is 3.20. The summed E-state index contributed by atoms with van der Waals surface area (Å²) in [7, 11) is -2.32. The Balaban J connectivity index is 1.88. The van der Waals surface area contributed by atoms with Crippen LogP contribution in [0, 0.1) is 0 Å². The molecule has 1 aromatic carbocycles. The van der Waals surface area contributed by atoms with Gasteiger partial charge in [0.05, 0.1) is 17.6 Å². The van der Waals surface area contributed by atoms with Gasteiger partial charge >= 0.3 is 5.97 Å². The molecule has 0 bridgehead atoms. The molecule has 7 heteroatoms. The van der Waals surface area contributed by atoms with Gasteiger partial charge in [-0.3, -0.25) is 0 Å². The minimum absolute atomic E-state index is 0.0878. The Hall–Kier alpha value is -2.41. The Bertz CT molecular complexity index is 1110. The minimum Gasteiger partial charge on any atom is -0.465 e. The summed E-state index contributed by atoms with van der Waals surface area (Å²) >= 11 is 5.87. The fraction of sp³-hybridized carbons (Fsp3) is 0.261. The summed E-state index contributed by atoms with van der Waals surface area (Å²) in [5, 5.41) is 0.483. The third kappa shape index (κ3) is 4.67. The van der Waals surface area contributed by atoms with E-state index in [-0.39, 0.29) is 22.8 Å². The number of rotatable bonds is 7. The number of sulfonamides is 1. The van der Waals surface area contributed by atoms with Crippen LogP contribution in [0.15, 0.2) is 65.6 Å². The normalized spacial score (nSPS) is 13.7. The number of fused-ring (bicyclic) bond motifs is 1. The van der Waals surface area contributed by atoms with Crippen molar-refractivity contribution in [1.82, 2.24) is 4.72 Å². The molecule has 158 valence electrons. The van der Waals surface area contributed by atoms with E-state index >= 15 is 0 Å². The fourth-order valence-electron chi connectivity index (χ4n) is 3.50. The van der Waals surface area contributed by atoms with E-state index in [0.717, 1.165) is 16.7 Å². The Labute approximate surface area is 182 Å². The van der Waals surface area contributed by atoms with Gasteiger partial charge in [-0.25, -0.2) is 17.9 Å². The van der Waals surface area contributed by atoms with Crippen LogP contribution < -0.4 is 4.72 Å². The number of esters is 1. The van der Waals surface area contributed by atoms with Gasteiger partial charge in [0.15, 0.2) is 0 Å². The Morgan fingerprint density at radius 1 is 1.03 bits per heavy atom. The van der Waals surface area contributed by atoms with Crippen LogP contribution in [-0.2, 0) is 14.8 Å². The molecule has 0 saturated heterocycles. The maximum Gasteiger partial charge on any atom is 0.338 e. The first-order chi connectivity index (χ1) is 14.3. The molecule has 2 unspecified atom stereocenters. The third-order valence-electron chi connectivity index (χ3n) is 5.33. The van der Waals surface area contributed by atoms with Crippen molar-refractivity contribution in [1.29, 1.82) is 0 Å². The van der Waals surface area contributed by atoms with E-state index in [2.05, 4.69) is 4.72 Å². The fourth-order valence-corrected chi connectivity index (χ4v) is 5.03.